The van der Waals surface area contributed by atoms with Gasteiger partial charge in [0.05, 0.1) is 10.7 Å². The van der Waals surface area contributed by atoms with Crippen LogP contribution >= 0.6 is 11.6 Å². The Morgan fingerprint density at radius 2 is 2.00 bits per heavy atom. The van der Waals surface area contributed by atoms with Crippen molar-refractivity contribution < 1.29 is 0 Å². The molecule has 2 aliphatic carbocycles. The van der Waals surface area contributed by atoms with E-state index in [0.717, 1.165) is 41.6 Å². The number of halogens is 1. The van der Waals surface area contributed by atoms with Gasteiger partial charge in [0.25, 0.3) is 0 Å². The Balaban J connectivity index is 1.54. The lowest BCUT2D eigenvalue weighted by Crippen LogP contribution is -2.43. The van der Waals surface area contributed by atoms with Crippen molar-refractivity contribution in [1.29, 1.82) is 0 Å². The van der Waals surface area contributed by atoms with Gasteiger partial charge < -0.3 is 10.2 Å². The summed E-state index contributed by atoms with van der Waals surface area (Å²) in [7, 11) is 0. The van der Waals surface area contributed by atoms with E-state index in [4.69, 9.17) is 16.6 Å². The van der Waals surface area contributed by atoms with Crippen molar-refractivity contribution in [3.8, 4) is 0 Å². The van der Waals surface area contributed by atoms with Gasteiger partial charge in [-0.25, -0.2) is 4.98 Å². The van der Waals surface area contributed by atoms with Crippen molar-refractivity contribution in [2.45, 2.75) is 63.6 Å². The highest BCUT2D eigenvalue weighted by Gasteiger charge is 2.35. The topological polar surface area (TPSA) is 28.2 Å². The molecule has 2 heterocycles. The maximum atomic E-state index is 6.33. The van der Waals surface area contributed by atoms with Crippen LogP contribution < -0.4 is 10.2 Å². The predicted molar refractivity (Wildman–Crippen MR) is 86.8 cm³/mol. The molecular weight excluding hydrogens is 282 g/mol. The molecular formula is C17H24ClN3. The van der Waals surface area contributed by atoms with E-state index in [1.165, 1.54) is 44.9 Å². The second-order valence-electron chi connectivity index (χ2n) is 6.85. The second-order valence-corrected chi connectivity index (χ2v) is 7.25. The maximum absolute atomic E-state index is 6.33. The molecule has 3 aliphatic rings. The Kier molecular flexibility index (Phi) is 3.80. The van der Waals surface area contributed by atoms with Crippen molar-refractivity contribution in [1.82, 2.24) is 10.3 Å². The fourth-order valence-electron chi connectivity index (χ4n) is 4.02. The van der Waals surface area contributed by atoms with Crippen molar-refractivity contribution >= 4 is 17.4 Å². The summed E-state index contributed by atoms with van der Waals surface area (Å²) >= 11 is 6.33. The lowest BCUT2D eigenvalue weighted by atomic mass is 9.92. The normalized spacial score (nSPS) is 28.7. The van der Waals surface area contributed by atoms with Gasteiger partial charge in [-0.15, -0.1) is 0 Å². The van der Waals surface area contributed by atoms with E-state index in [9.17, 15) is 0 Å². The van der Waals surface area contributed by atoms with Gasteiger partial charge >= 0.3 is 0 Å². The van der Waals surface area contributed by atoms with E-state index in [-0.39, 0.29) is 0 Å². The van der Waals surface area contributed by atoms with Crippen LogP contribution in [0.1, 0.15) is 50.6 Å². The molecule has 2 unspecified atom stereocenters. The summed E-state index contributed by atoms with van der Waals surface area (Å²) in [5, 5.41) is 4.32. The molecule has 0 amide bonds. The molecule has 114 valence electrons. The van der Waals surface area contributed by atoms with Gasteiger partial charge in [-0.1, -0.05) is 18.0 Å². The third-order valence-electron chi connectivity index (χ3n) is 5.33. The molecule has 3 nitrogen and oxygen atoms in total. The number of pyridine rings is 1. The van der Waals surface area contributed by atoms with Gasteiger partial charge in [-0.3, -0.25) is 0 Å². The molecule has 1 saturated heterocycles. The highest BCUT2D eigenvalue weighted by atomic mass is 35.5. The van der Waals surface area contributed by atoms with Crippen LogP contribution in [0.15, 0.2) is 12.1 Å². The molecule has 1 aromatic rings. The van der Waals surface area contributed by atoms with Crippen LogP contribution in [-0.4, -0.2) is 23.6 Å². The molecule has 1 aromatic heterocycles. The van der Waals surface area contributed by atoms with Crippen LogP contribution in [-0.2, 0) is 6.54 Å². The lowest BCUT2D eigenvalue weighted by Gasteiger charge is -2.38. The Hall–Kier alpha value is -0.800. The number of rotatable bonds is 4. The highest BCUT2D eigenvalue weighted by Crippen LogP contribution is 2.38. The van der Waals surface area contributed by atoms with E-state index < -0.39 is 0 Å². The fraction of sp³-hybridized carbons (Fsp3) is 0.706. The molecule has 0 radical (unpaired) electrons. The van der Waals surface area contributed by atoms with Crippen molar-refractivity contribution in [2.75, 3.05) is 11.4 Å². The molecule has 0 bridgehead atoms. The molecule has 4 rings (SSSR count). The summed E-state index contributed by atoms with van der Waals surface area (Å²) in [5.41, 5.74) is 1.01. The van der Waals surface area contributed by atoms with E-state index >= 15 is 0 Å². The van der Waals surface area contributed by atoms with Gasteiger partial charge in [0, 0.05) is 25.2 Å². The summed E-state index contributed by atoms with van der Waals surface area (Å²) in [6, 6.07) is 5.56. The number of nitrogens with zero attached hydrogens (tertiary/aromatic N) is 2. The van der Waals surface area contributed by atoms with E-state index in [1.807, 2.05) is 6.07 Å². The highest BCUT2D eigenvalue weighted by molar-refractivity contribution is 6.31. The minimum absolute atomic E-state index is 0.695. The monoisotopic (exact) mass is 305 g/mol. The number of hydrogen-bond acceptors (Lipinski definition) is 3. The molecule has 1 N–H and O–H groups in total. The molecule has 2 saturated carbocycles. The van der Waals surface area contributed by atoms with E-state index in [2.05, 4.69) is 16.3 Å². The van der Waals surface area contributed by atoms with Gasteiger partial charge in [0.15, 0.2) is 0 Å². The summed E-state index contributed by atoms with van der Waals surface area (Å²) < 4.78 is 0. The Morgan fingerprint density at radius 3 is 2.86 bits per heavy atom. The number of aromatic nitrogens is 1. The number of nitrogens with one attached hydrogen (secondary N) is 1. The Morgan fingerprint density at radius 1 is 1.14 bits per heavy atom. The lowest BCUT2D eigenvalue weighted by molar-refractivity contribution is 0.360. The first-order chi connectivity index (χ1) is 10.3. The molecule has 1 aliphatic heterocycles. The Labute approximate surface area is 132 Å². The van der Waals surface area contributed by atoms with Crippen LogP contribution in [0, 0.1) is 5.92 Å². The van der Waals surface area contributed by atoms with Crippen LogP contribution in [0.5, 0.6) is 0 Å². The molecule has 0 spiro atoms. The molecule has 21 heavy (non-hydrogen) atoms. The van der Waals surface area contributed by atoms with Crippen LogP contribution in [0.25, 0.3) is 0 Å². The second kappa shape index (κ2) is 5.77. The average Bonchev–Trinajstić information content (AvgIpc) is 3.21. The number of hydrogen-bond donors (Lipinski definition) is 1. The number of fused-ring (bicyclic) bond motifs is 1. The van der Waals surface area contributed by atoms with Crippen molar-refractivity contribution in [3.05, 3.63) is 22.8 Å². The minimum Gasteiger partial charge on any atom is -0.353 e. The van der Waals surface area contributed by atoms with Gasteiger partial charge in [0.2, 0.25) is 0 Å². The first-order valence-corrected chi connectivity index (χ1v) is 8.84. The zero-order chi connectivity index (χ0) is 14.2. The van der Waals surface area contributed by atoms with Crippen LogP contribution in [0.4, 0.5) is 5.82 Å². The largest absolute Gasteiger partial charge is 0.353 e. The number of anilines is 1. The molecule has 0 aromatic carbocycles. The first-order valence-electron chi connectivity index (χ1n) is 8.47. The van der Waals surface area contributed by atoms with Crippen LogP contribution in [0.3, 0.4) is 0 Å². The molecule has 3 fully saturated rings. The first kappa shape index (κ1) is 13.8. The van der Waals surface area contributed by atoms with Gasteiger partial charge in [-0.05, 0) is 56.6 Å². The van der Waals surface area contributed by atoms with E-state index in [1.54, 1.807) is 0 Å². The summed E-state index contributed by atoms with van der Waals surface area (Å²) in [4.78, 5) is 7.44. The zero-order valence-electron chi connectivity index (χ0n) is 12.5. The fourth-order valence-corrected chi connectivity index (χ4v) is 4.20. The van der Waals surface area contributed by atoms with Gasteiger partial charge in [0.1, 0.15) is 5.82 Å². The van der Waals surface area contributed by atoms with Gasteiger partial charge in [-0.2, -0.15) is 0 Å². The van der Waals surface area contributed by atoms with Crippen molar-refractivity contribution in [3.63, 3.8) is 0 Å². The smallest absolute Gasteiger partial charge is 0.129 e. The van der Waals surface area contributed by atoms with E-state index in [0.29, 0.717) is 6.04 Å². The summed E-state index contributed by atoms with van der Waals surface area (Å²) in [5.74, 6) is 2.04. The third kappa shape index (κ3) is 2.91. The standard InChI is InChI=1S/C17H24ClN3/c18-14-8-9-17(20-15(14)11-19-13-6-7-13)21-10-2-4-12-3-1-5-16(12)21/h8-9,12-13,16,19H,1-7,10-11H2. The van der Waals surface area contributed by atoms with Crippen molar-refractivity contribution in [2.24, 2.45) is 5.92 Å². The molecule has 4 heteroatoms. The summed E-state index contributed by atoms with van der Waals surface area (Å²) in [6.45, 7) is 1.96. The number of piperidine rings is 1. The van der Waals surface area contributed by atoms with Crippen LogP contribution in [0.2, 0.25) is 5.02 Å². The average molecular weight is 306 g/mol. The summed E-state index contributed by atoms with van der Waals surface area (Å²) in [6.07, 6.45) is 9.44. The predicted octanol–water partition coefficient (Wildman–Crippen LogP) is 3.76. The maximum Gasteiger partial charge on any atom is 0.129 e. The quantitative estimate of drug-likeness (QED) is 0.918. The minimum atomic E-state index is 0.695. The SMILES string of the molecule is Clc1ccc(N2CCCC3CCCC32)nc1CNC1CC1. The zero-order valence-corrected chi connectivity index (χ0v) is 13.3. The molecule has 2 atom stereocenters. The third-order valence-corrected chi connectivity index (χ3v) is 5.67. The Bertz CT molecular complexity index is 515.